The van der Waals surface area contributed by atoms with Crippen molar-refractivity contribution in [2.45, 2.75) is 12.8 Å². The quantitative estimate of drug-likeness (QED) is 0.454. The Morgan fingerprint density at radius 2 is 1.91 bits per heavy atom. The number of pyridine rings is 1. The molecule has 4 aromatic rings. The van der Waals surface area contributed by atoms with Gasteiger partial charge in [0, 0.05) is 42.9 Å². The number of hydrogen-bond donors (Lipinski definition) is 1. The van der Waals surface area contributed by atoms with Gasteiger partial charge in [-0.15, -0.1) is 0 Å². The van der Waals surface area contributed by atoms with E-state index in [-0.39, 0.29) is 11.5 Å². The van der Waals surface area contributed by atoms with Gasteiger partial charge in [0.05, 0.1) is 34.2 Å². The Morgan fingerprint density at radius 3 is 2.64 bits per heavy atom. The molecule has 0 radical (unpaired) electrons. The Balaban J connectivity index is 1.54. The second-order valence-corrected chi connectivity index (χ2v) is 8.18. The van der Waals surface area contributed by atoms with Gasteiger partial charge in [-0.25, -0.2) is 0 Å². The van der Waals surface area contributed by atoms with Crippen molar-refractivity contribution in [1.29, 1.82) is 0 Å². The molecule has 5 rings (SSSR count). The van der Waals surface area contributed by atoms with Gasteiger partial charge in [0.15, 0.2) is 0 Å². The number of furan rings is 1. The minimum Gasteiger partial charge on any atom is -0.496 e. The van der Waals surface area contributed by atoms with Crippen molar-refractivity contribution >= 4 is 45.3 Å². The minimum absolute atomic E-state index is 0.0881. The van der Waals surface area contributed by atoms with Crippen LogP contribution in [0.15, 0.2) is 47.2 Å². The van der Waals surface area contributed by atoms with Crippen LogP contribution >= 0.6 is 11.6 Å². The van der Waals surface area contributed by atoms with Crippen LogP contribution in [-0.2, 0) is 0 Å². The lowest BCUT2D eigenvalue weighted by Gasteiger charge is -2.14. The fourth-order valence-electron chi connectivity index (χ4n) is 4.13. The summed E-state index contributed by atoms with van der Waals surface area (Å²) in [5.74, 6) is 0.468. The third-order valence-corrected chi connectivity index (χ3v) is 6.04. The molecule has 2 aromatic heterocycles. The van der Waals surface area contributed by atoms with E-state index in [1.807, 2.05) is 0 Å². The number of primary amides is 1. The first-order chi connectivity index (χ1) is 16.0. The molecule has 8 nitrogen and oxygen atoms in total. The van der Waals surface area contributed by atoms with E-state index in [9.17, 15) is 9.59 Å². The van der Waals surface area contributed by atoms with Crippen LogP contribution in [0.1, 0.15) is 33.6 Å². The monoisotopic (exact) mass is 465 g/mol. The Hall–Kier alpha value is -3.78. The van der Waals surface area contributed by atoms with E-state index in [4.69, 9.17) is 31.2 Å². The van der Waals surface area contributed by atoms with Crippen LogP contribution in [0.3, 0.4) is 0 Å². The molecule has 2 N–H and O–H groups in total. The number of nitrogens with two attached hydrogens (primary N) is 1. The van der Waals surface area contributed by atoms with E-state index >= 15 is 0 Å². The van der Waals surface area contributed by atoms with Crippen molar-refractivity contribution < 1.29 is 23.5 Å². The largest absolute Gasteiger partial charge is 0.496 e. The Morgan fingerprint density at radius 1 is 1.12 bits per heavy atom. The van der Waals surface area contributed by atoms with Gasteiger partial charge in [0.1, 0.15) is 29.1 Å². The van der Waals surface area contributed by atoms with Gasteiger partial charge in [-0.2, -0.15) is 0 Å². The average molecular weight is 466 g/mol. The molecular weight excluding hydrogens is 446 g/mol. The summed E-state index contributed by atoms with van der Waals surface area (Å²) >= 11 is 6.55. The summed E-state index contributed by atoms with van der Waals surface area (Å²) < 4.78 is 17.0. The van der Waals surface area contributed by atoms with Crippen LogP contribution in [-0.4, -0.2) is 41.9 Å². The molecule has 9 heteroatoms. The molecule has 1 aliphatic heterocycles. The highest BCUT2D eigenvalue weighted by atomic mass is 35.5. The van der Waals surface area contributed by atoms with E-state index < -0.39 is 5.91 Å². The zero-order valence-corrected chi connectivity index (χ0v) is 18.5. The number of carbonyl (C=O) groups is 2. The average Bonchev–Trinajstić information content (AvgIpc) is 3.48. The number of benzene rings is 2. The molecule has 3 heterocycles. The van der Waals surface area contributed by atoms with Gasteiger partial charge in [0.2, 0.25) is 0 Å². The number of halogens is 1. The lowest BCUT2D eigenvalue weighted by molar-refractivity contribution is 0.0793. The number of nitrogens with zero attached hydrogens (tertiary/aromatic N) is 2. The van der Waals surface area contributed by atoms with E-state index in [0.29, 0.717) is 49.7 Å². The number of carbonyl (C=O) groups excluding carboxylic acids is 2. The number of amides is 2. The summed E-state index contributed by atoms with van der Waals surface area (Å²) in [4.78, 5) is 30.8. The molecule has 1 fully saturated rings. The summed E-state index contributed by atoms with van der Waals surface area (Å²) in [6, 6.07) is 8.18. The first-order valence-electron chi connectivity index (χ1n) is 10.4. The Kier molecular flexibility index (Phi) is 5.30. The molecular formula is C24H20ClN3O5. The highest BCUT2D eigenvalue weighted by Gasteiger charge is 2.25. The lowest BCUT2D eigenvalue weighted by atomic mass is 10.1. The van der Waals surface area contributed by atoms with Crippen molar-refractivity contribution in [3.8, 4) is 17.2 Å². The maximum Gasteiger partial charge on any atom is 0.257 e. The molecule has 0 unspecified atom stereocenters. The summed E-state index contributed by atoms with van der Waals surface area (Å²) in [7, 11) is 1.46. The number of methoxy groups -OCH3 is 1. The van der Waals surface area contributed by atoms with Gasteiger partial charge in [-0.05, 0) is 25.0 Å². The van der Waals surface area contributed by atoms with Gasteiger partial charge < -0.3 is 24.5 Å². The molecule has 0 aliphatic carbocycles. The fourth-order valence-corrected chi connectivity index (χ4v) is 4.43. The Bertz CT molecular complexity index is 1410. The van der Waals surface area contributed by atoms with Gasteiger partial charge >= 0.3 is 0 Å². The second kappa shape index (κ2) is 8.29. The third-order valence-electron chi connectivity index (χ3n) is 5.74. The highest BCUT2D eigenvalue weighted by molar-refractivity contribution is 6.37. The van der Waals surface area contributed by atoms with Crippen molar-refractivity contribution in [3.63, 3.8) is 0 Å². The number of fused-ring (bicyclic) bond motifs is 2. The lowest BCUT2D eigenvalue weighted by Crippen LogP contribution is -2.27. The van der Waals surface area contributed by atoms with Gasteiger partial charge in [-0.3, -0.25) is 14.6 Å². The molecule has 0 spiro atoms. The summed E-state index contributed by atoms with van der Waals surface area (Å²) in [6.07, 6.45) is 5.02. The molecule has 0 bridgehead atoms. The smallest absolute Gasteiger partial charge is 0.257 e. The van der Waals surface area contributed by atoms with Crippen LogP contribution < -0.4 is 15.2 Å². The summed E-state index contributed by atoms with van der Waals surface area (Å²) in [5.41, 5.74) is 7.16. The number of aromatic nitrogens is 1. The maximum absolute atomic E-state index is 12.9. The molecule has 33 heavy (non-hydrogen) atoms. The first kappa shape index (κ1) is 21.1. The van der Waals surface area contributed by atoms with E-state index in [1.54, 1.807) is 41.4 Å². The van der Waals surface area contributed by atoms with Crippen LogP contribution in [0.5, 0.6) is 17.2 Å². The predicted octanol–water partition coefficient (Wildman–Crippen LogP) is 4.77. The SMILES string of the molecule is COc1cc2nccc(Oc3cc(Cl)c4c(C(=O)N5CCCC5)coc4c3)c2cc1C(N)=O. The highest BCUT2D eigenvalue weighted by Crippen LogP contribution is 2.38. The standard InChI is InChI=1S/C24H20ClN3O5/c1-31-20-11-18-14(10-15(20)23(26)29)19(4-5-27-18)33-13-8-17(25)22-16(12-32-21(22)9-13)24(30)28-6-2-3-7-28/h4-5,8-12H,2-3,6-7H2,1H3,(H2,26,29). The molecule has 2 amide bonds. The fraction of sp³-hybridized carbons (Fsp3) is 0.208. The van der Waals surface area contributed by atoms with Crippen molar-refractivity contribution in [1.82, 2.24) is 9.88 Å². The predicted molar refractivity (Wildman–Crippen MR) is 123 cm³/mol. The van der Waals surface area contributed by atoms with Gasteiger partial charge in [-0.1, -0.05) is 11.6 Å². The molecule has 1 saturated heterocycles. The van der Waals surface area contributed by atoms with Crippen LogP contribution in [0.4, 0.5) is 0 Å². The normalized spacial score (nSPS) is 13.6. The number of hydrogen-bond acceptors (Lipinski definition) is 6. The van der Waals surface area contributed by atoms with Gasteiger partial charge in [0.25, 0.3) is 11.8 Å². The third kappa shape index (κ3) is 3.72. The summed E-state index contributed by atoms with van der Waals surface area (Å²) in [6.45, 7) is 1.47. The van der Waals surface area contributed by atoms with E-state index in [2.05, 4.69) is 4.98 Å². The van der Waals surface area contributed by atoms with E-state index in [0.717, 1.165) is 25.9 Å². The zero-order valence-electron chi connectivity index (χ0n) is 17.8. The molecule has 168 valence electrons. The number of ether oxygens (including phenoxy) is 2. The van der Waals surface area contributed by atoms with Crippen molar-refractivity contribution in [3.05, 3.63) is 58.9 Å². The van der Waals surface area contributed by atoms with Crippen molar-refractivity contribution in [2.24, 2.45) is 5.73 Å². The molecule has 1 aliphatic rings. The molecule has 0 atom stereocenters. The number of rotatable bonds is 5. The summed E-state index contributed by atoms with van der Waals surface area (Å²) in [5, 5.41) is 1.48. The number of likely N-dealkylation sites (tertiary alicyclic amines) is 1. The molecule has 0 saturated carbocycles. The van der Waals surface area contributed by atoms with Crippen LogP contribution in [0, 0.1) is 0 Å². The topological polar surface area (TPSA) is 108 Å². The maximum atomic E-state index is 12.9. The minimum atomic E-state index is -0.626. The van der Waals surface area contributed by atoms with Crippen molar-refractivity contribution in [2.75, 3.05) is 20.2 Å². The van der Waals surface area contributed by atoms with E-state index in [1.165, 1.54) is 13.4 Å². The Labute approximate surface area is 193 Å². The first-order valence-corrected chi connectivity index (χ1v) is 10.8. The second-order valence-electron chi connectivity index (χ2n) is 7.77. The van der Waals surface area contributed by atoms with Crippen LogP contribution in [0.2, 0.25) is 5.02 Å². The molecule has 2 aromatic carbocycles. The van der Waals surface area contributed by atoms with Crippen LogP contribution in [0.25, 0.3) is 21.9 Å². The zero-order chi connectivity index (χ0) is 23.1.